The first-order valence-electron chi connectivity index (χ1n) is 4.76. The number of primary amides is 1. The molecule has 0 saturated carbocycles. The zero-order valence-electron chi connectivity index (χ0n) is 8.50. The van der Waals surface area contributed by atoms with Crippen LogP contribution >= 0.6 is 0 Å². The van der Waals surface area contributed by atoms with Gasteiger partial charge in [0.2, 0.25) is 5.82 Å². The van der Waals surface area contributed by atoms with E-state index < -0.39 is 5.91 Å². The number of hydrogen-bond donors (Lipinski definition) is 1. The molecule has 16 heavy (non-hydrogen) atoms. The van der Waals surface area contributed by atoms with Crippen molar-refractivity contribution in [2.45, 2.75) is 6.42 Å². The Morgan fingerprint density at radius 1 is 1.31 bits per heavy atom. The molecule has 0 spiro atoms. The Balaban J connectivity index is 2.22. The summed E-state index contributed by atoms with van der Waals surface area (Å²) in [5.41, 5.74) is 6.87. The molecule has 2 N–H and O–H groups in total. The number of carbonyl (C=O) groups is 1. The first-order valence-corrected chi connectivity index (χ1v) is 4.76. The fourth-order valence-electron chi connectivity index (χ4n) is 1.33. The molecule has 80 valence electrons. The van der Waals surface area contributed by atoms with Crippen LogP contribution in [0.2, 0.25) is 0 Å². The molecule has 0 aliphatic rings. The van der Waals surface area contributed by atoms with Crippen molar-refractivity contribution in [3.63, 3.8) is 0 Å². The van der Waals surface area contributed by atoms with Gasteiger partial charge in [-0.15, -0.1) is 0 Å². The third-order valence-electron chi connectivity index (χ3n) is 2.04. The molecule has 0 fully saturated rings. The maximum Gasteiger partial charge on any atom is 0.286 e. The van der Waals surface area contributed by atoms with Gasteiger partial charge in [0.25, 0.3) is 5.91 Å². The fourth-order valence-corrected chi connectivity index (χ4v) is 1.33. The molecule has 2 rings (SSSR count). The lowest BCUT2D eigenvalue weighted by atomic mass is 10.1. The van der Waals surface area contributed by atoms with Crippen LogP contribution in [0.4, 0.5) is 0 Å². The van der Waals surface area contributed by atoms with Crippen molar-refractivity contribution in [2.24, 2.45) is 5.73 Å². The Morgan fingerprint density at radius 3 is 2.88 bits per heavy atom. The lowest BCUT2D eigenvalue weighted by Crippen LogP contribution is -2.16. The molecule has 0 bridgehead atoms. The lowest BCUT2D eigenvalue weighted by Gasteiger charge is -2.01. The van der Waals surface area contributed by atoms with Crippen LogP contribution in [0, 0.1) is 0 Å². The standard InChI is InChI=1S/C11H10N4O/c12-10(16)11-14-5-3-9(15-11)6-8-2-1-4-13-7-8/h1-5,7H,6H2,(H2,12,16). The van der Waals surface area contributed by atoms with Gasteiger partial charge in [0.15, 0.2) is 0 Å². The number of nitrogens with zero attached hydrogens (tertiary/aromatic N) is 3. The minimum absolute atomic E-state index is 0.0430. The second kappa shape index (κ2) is 4.48. The molecule has 0 saturated heterocycles. The Bertz CT molecular complexity index is 498. The van der Waals surface area contributed by atoms with E-state index in [0.717, 1.165) is 11.3 Å². The second-order valence-electron chi connectivity index (χ2n) is 3.27. The number of hydrogen-bond acceptors (Lipinski definition) is 4. The van der Waals surface area contributed by atoms with Crippen LogP contribution in [-0.4, -0.2) is 20.9 Å². The van der Waals surface area contributed by atoms with E-state index in [0.29, 0.717) is 6.42 Å². The van der Waals surface area contributed by atoms with Crippen molar-refractivity contribution in [3.8, 4) is 0 Å². The number of amides is 1. The molecule has 0 radical (unpaired) electrons. The van der Waals surface area contributed by atoms with E-state index in [-0.39, 0.29) is 5.82 Å². The van der Waals surface area contributed by atoms with Gasteiger partial charge in [-0.2, -0.15) is 0 Å². The van der Waals surface area contributed by atoms with Crippen LogP contribution in [0.25, 0.3) is 0 Å². The molecule has 5 heteroatoms. The molecular weight excluding hydrogens is 204 g/mol. The number of rotatable bonds is 3. The van der Waals surface area contributed by atoms with Gasteiger partial charge in [-0.3, -0.25) is 9.78 Å². The first kappa shape index (κ1) is 10.2. The topological polar surface area (TPSA) is 81.8 Å². The Kier molecular flexibility index (Phi) is 2.86. The number of carbonyl (C=O) groups excluding carboxylic acids is 1. The second-order valence-corrected chi connectivity index (χ2v) is 3.27. The molecule has 1 amide bonds. The van der Waals surface area contributed by atoms with E-state index >= 15 is 0 Å². The largest absolute Gasteiger partial charge is 0.363 e. The van der Waals surface area contributed by atoms with Crippen molar-refractivity contribution < 1.29 is 4.79 Å². The van der Waals surface area contributed by atoms with E-state index in [1.807, 2.05) is 12.1 Å². The van der Waals surface area contributed by atoms with Crippen molar-refractivity contribution in [3.05, 3.63) is 53.9 Å². The van der Waals surface area contributed by atoms with E-state index in [4.69, 9.17) is 5.73 Å². The quantitative estimate of drug-likeness (QED) is 0.809. The van der Waals surface area contributed by atoms with E-state index in [1.54, 1.807) is 18.5 Å². The van der Waals surface area contributed by atoms with Crippen molar-refractivity contribution >= 4 is 5.91 Å². The highest BCUT2D eigenvalue weighted by molar-refractivity contribution is 5.88. The Hall–Kier alpha value is -2.30. The van der Waals surface area contributed by atoms with E-state index in [9.17, 15) is 4.79 Å². The zero-order chi connectivity index (χ0) is 11.4. The van der Waals surface area contributed by atoms with Crippen LogP contribution in [0.1, 0.15) is 21.9 Å². The highest BCUT2D eigenvalue weighted by Crippen LogP contribution is 2.05. The normalized spacial score (nSPS) is 10.0. The highest BCUT2D eigenvalue weighted by Gasteiger charge is 2.05. The van der Waals surface area contributed by atoms with Gasteiger partial charge in [-0.05, 0) is 17.7 Å². The van der Waals surface area contributed by atoms with E-state index in [2.05, 4.69) is 15.0 Å². The first-order chi connectivity index (χ1) is 7.75. The zero-order valence-corrected chi connectivity index (χ0v) is 8.50. The number of nitrogens with two attached hydrogens (primary N) is 1. The summed E-state index contributed by atoms with van der Waals surface area (Å²) in [6.07, 6.45) is 5.60. The average Bonchev–Trinajstić information content (AvgIpc) is 2.30. The van der Waals surface area contributed by atoms with Gasteiger partial charge in [0.05, 0.1) is 0 Å². The summed E-state index contributed by atoms with van der Waals surface area (Å²) >= 11 is 0. The van der Waals surface area contributed by atoms with Crippen LogP contribution in [0.3, 0.4) is 0 Å². The lowest BCUT2D eigenvalue weighted by molar-refractivity contribution is 0.0990. The summed E-state index contributed by atoms with van der Waals surface area (Å²) in [5.74, 6) is -0.575. The Morgan fingerprint density at radius 2 is 2.19 bits per heavy atom. The molecule has 0 aliphatic carbocycles. The van der Waals surface area contributed by atoms with Gasteiger partial charge >= 0.3 is 0 Å². The molecule has 2 heterocycles. The van der Waals surface area contributed by atoms with Crippen LogP contribution < -0.4 is 5.73 Å². The summed E-state index contributed by atoms with van der Waals surface area (Å²) in [5, 5.41) is 0. The van der Waals surface area contributed by atoms with Crippen molar-refractivity contribution in [1.29, 1.82) is 0 Å². The van der Waals surface area contributed by atoms with Gasteiger partial charge < -0.3 is 5.73 Å². The number of aromatic nitrogens is 3. The van der Waals surface area contributed by atoms with E-state index in [1.165, 1.54) is 6.20 Å². The summed E-state index contributed by atoms with van der Waals surface area (Å²) in [7, 11) is 0. The molecule has 0 aliphatic heterocycles. The minimum Gasteiger partial charge on any atom is -0.363 e. The molecular formula is C11H10N4O. The average molecular weight is 214 g/mol. The predicted octanol–water partition coefficient (Wildman–Crippen LogP) is 0.561. The summed E-state index contributed by atoms with van der Waals surface area (Å²) < 4.78 is 0. The molecule has 0 unspecified atom stereocenters. The van der Waals surface area contributed by atoms with Crippen LogP contribution in [0.15, 0.2) is 36.8 Å². The predicted molar refractivity (Wildman–Crippen MR) is 57.6 cm³/mol. The molecule has 2 aromatic heterocycles. The maximum atomic E-state index is 10.9. The molecule has 2 aromatic rings. The molecule has 0 aromatic carbocycles. The third-order valence-corrected chi connectivity index (χ3v) is 2.04. The minimum atomic E-state index is -0.618. The van der Waals surface area contributed by atoms with Gasteiger partial charge in [-0.25, -0.2) is 9.97 Å². The molecule has 5 nitrogen and oxygen atoms in total. The van der Waals surface area contributed by atoms with Crippen molar-refractivity contribution in [1.82, 2.24) is 15.0 Å². The summed E-state index contributed by atoms with van der Waals surface area (Å²) in [6, 6.07) is 5.55. The van der Waals surface area contributed by atoms with Gasteiger partial charge in [0, 0.05) is 30.7 Å². The van der Waals surface area contributed by atoms with Gasteiger partial charge in [-0.1, -0.05) is 6.07 Å². The monoisotopic (exact) mass is 214 g/mol. The third kappa shape index (κ3) is 2.38. The number of pyridine rings is 1. The van der Waals surface area contributed by atoms with Crippen LogP contribution in [0.5, 0.6) is 0 Å². The van der Waals surface area contributed by atoms with Crippen molar-refractivity contribution in [2.75, 3.05) is 0 Å². The smallest absolute Gasteiger partial charge is 0.286 e. The summed E-state index contributed by atoms with van der Waals surface area (Å²) in [4.78, 5) is 22.7. The summed E-state index contributed by atoms with van der Waals surface area (Å²) in [6.45, 7) is 0. The SMILES string of the molecule is NC(=O)c1nccc(Cc2cccnc2)n1. The maximum absolute atomic E-state index is 10.9. The van der Waals surface area contributed by atoms with Crippen LogP contribution in [-0.2, 0) is 6.42 Å². The Labute approximate surface area is 92.4 Å². The highest BCUT2D eigenvalue weighted by atomic mass is 16.1. The molecule has 0 atom stereocenters. The fraction of sp³-hybridized carbons (Fsp3) is 0.0909. The van der Waals surface area contributed by atoms with Gasteiger partial charge in [0.1, 0.15) is 0 Å².